The van der Waals surface area contributed by atoms with E-state index in [1.807, 2.05) is 6.07 Å². The number of nitrogens with zero attached hydrogens (tertiary/aromatic N) is 4. The zero-order valence-electron chi connectivity index (χ0n) is 22.3. The van der Waals surface area contributed by atoms with Gasteiger partial charge in [-0.15, -0.1) is 0 Å². The van der Waals surface area contributed by atoms with Gasteiger partial charge in [-0.05, 0) is 68.5 Å². The maximum atomic E-state index is 13.4. The summed E-state index contributed by atoms with van der Waals surface area (Å²) in [6.07, 6.45) is 1.64. The van der Waals surface area contributed by atoms with Gasteiger partial charge in [-0.25, -0.2) is 8.42 Å². The molecule has 5 rings (SSSR count). The second kappa shape index (κ2) is 10.6. The van der Waals surface area contributed by atoms with Crippen LogP contribution in [-0.4, -0.2) is 81.4 Å². The Morgan fingerprint density at radius 2 is 1.79 bits per heavy atom. The number of fused-ring (bicyclic) bond motifs is 1. The van der Waals surface area contributed by atoms with Gasteiger partial charge in [-0.1, -0.05) is 19.1 Å². The van der Waals surface area contributed by atoms with Crippen LogP contribution in [0.15, 0.2) is 47.4 Å². The van der Waals surface area contributed by atoms with E-state index in [0.717, 1.165) is 18.5 Å². The van der Waals surface area contributed by atoms with Crippen molar-refractivity contribution < 1.29 is 22.7 Å². The monoisotopic (exact) mass is 540 g/mol. The maximum absolute atomic E-state index is 13.4. The van der Waals surface area contributed by atoms with E-state index in [9.17, 15) is 18.0 Å². The van der Waals surface area contributed by atoms with Crippen molar-refractivity contribution >= 4 is 33.2 Å². The van der Waals surface area contributed by atoms with Crippen LogP contribution in [0.3, 0.4) is 0 Å². The third-order valence-corrected chi connectivity index (χ3v) is 9.76. The first-order valence-electron chi connectivity index (χ1n) is 13.3. The van der Waals surface area contributed by atoms with Crippen LogP contribution in [0.5, 0.6) is 5.75 Å². The number of benzene rings is 2. The molecular formula is C28H36N4O5S. The number of ether oxygens (including phenoxy) is 1. The number of amides is 2. The van der Waals surface area contributed by atoms with E-state index in [0.29, 0.717) is 50.1 Å². The molecule has 0 N–H and O–H groups in total. The Balaban J connectivity index is 1.31. The summed E-state index contributed by atoms with van der Waals surface area (Å²) in [5.74, 6) is 0.374. The van der Waals surface area contributed by atoms with Crippen LogP contribution >= 0.6 is 0 Å². The fourth-order valence-corrected chi connectivity index (χ4v) is 6.99. The highest BCUT2D eigenvalue weighted by Crippen LogP contribution is 2.36. The Morgan fingerprint density at radius 3 is 2.50 bits per heavy atom. The predicted octanol–water partition coefficient (Wildman–Crippen LogP) is 2.88. The molecule has 2 fully saturated rings. The van der Waals surface area contributed by atoms with Crippen molar-refractivity contribution in [2.24, 2.45) is 5.92 Å². The molecule has 3 aliphatic rings. The van der Waals surface area contributed by atoms with Crippen LogP contribution in [-0.2, 0) is 19.6 Å². The van der Waals surface area contributed by atoms with Gasteiger partial charge < -0.3 is 14.5 Å². The number of piperidine rings is 1. The average Bonchev–Trinajstić information content (AvgIpc) is 2.90. The summed E-state index contributed by atoms with van der Waals surface area (Å²) in [6, 6.07) is 13.0. The third-order valence-electron chi connectivity index (χ3n) is 7.86. The standard InChI is InChI=1S/C28H36N4O5S/c1-20-9-11-30(12-10-20)38(35,36)24-7-8-26-25(16-24)32(28(34)19-37-26)18-27(33)29-13-14-31(22(3)17-29)23-6-4-5-21(2)15-23/h4-8,15-16,20,22H,9-14,17-19H2,1-3H3. The minimum Gasteiger partial charge on any atom is -0.482 e. The van der Waals surface area contributed by atoms with Crippen molar-refractivity contribution in [1.29, 1.82) is 0 Å². The molecule has 3 aliphatic heterocycles. The molecule has 0 saturated carbocycles. The molecule has 2 saturated heterocycles. The third kappa shape index (κ3) is 5.24. The van der Waals surface area contributed by atoms with E-state index in [2.05, 4.69) is 43.9 Å². The SMILES string of the molecule is Cc1cccc(N2CCN(C(=O)CN3C(=O)COc4ccc(S(=O)(=O)N5CCC(C)CC5)cc43)CC2C)c1. The van der Waals surface area contributed by atoms with E-state index in [1.165, 1.54) is 26.9 Å². The summed E-state index contributed by atoms with van der Waals surface area (Å²) in [4.78, 5) is 31.8. The minimum absolute atomic E-state index is 0.113. The normalized spacial score (nSPS) is 21.3. The molecule has 1 atom stereocenters. The van der Waals surface area contributed by atoms with Gasteiger partial charge in [0.1, 0.15) is 12.3 Å². The number of carbonyl (C=O) groups excluding carboxylic acids is 2. The first kappa shape index (κ1) is 26.5. The molecule has 204 valence electrons. The Labute approximate surface area is 225 Å². The van der Waals surface area contributed by atoms with Crippen LogP contribution in [0.25, 0.3) is 0 Å². The zero-order valence-corrected chi connectivity index (χ0v) is 23.1. The molecule has 2 aromatic carbocycles. The Kier molecular flexibility index (Phi) is 7.37. The van der Waals surface area contributed by atoms with Crippen molar-refractivity contribution in [1.82, 2.24) is 9.21 Å². The van der Waals surface area contributed by atoms with Crippen molar-refractivity contribution in [3.8, 4) is 5.75 Å². The van der Waals surface area contributed by atoms with Crippen molar-refractivity contribution in [2.75, 3.05) is 55.7 Å². The van der Waals surface area contributed by atoms with Crippen molar-refractivity contribution in [3.05, 3.63) is 48.0 Å². The van der Waals surface area contributed by atoms with E-state index in [-0.39, 0.29) is 35.9 Å². The number of sulfonamides is 1. The molecule has 2 amide bonds. The summed E-state index contributed by atoms with van der Waals surface area (Å²) >= 11 is 0. The lowest BCUT2D eigenvalue weighted by Crippen LogP contribution is -2.56. The van der Waals surface area contributed by atoms with Crippen LogP contribution in [0.2, 0.25) is 0 Å². The van der Waals surface area contributed by atoms with Crippen LogP contribution in [0, 0.1) is 12.8 Å². The van der Waals surface area contributed by atoms with E-state index >= 15 is 0 Å². The number of hydrogen-bond donors (Lipinski definition) is 0. The van der Waals surface area contributed by atoms with Crippen LogP contribution in [0.1, 0.15) is 32.3 Å². The Hall–Kier alpha value is -3.11. The van der Waals surface area contributed by atoms with E-state index in [4.69, 9.17) is 4.74 Å². The number of piperazine rings is 1. The van der Waals surface area contributed by atoms with E-state index in [1.54, 1.807) is 11.0 Å². The number of carbonyl (C=O) groups is 2. The summed E-state index contributed by atoms with van der Waals surface area (Å²) in [5, 5.41) is 0. The molecule has 10 heteroatoms. The maximum Gasteiger partial charge on any atom is 0.265 e. The van der Waals surface area contributed by atoms with Crippen LogP contribution < -0.4 is 14.5 Å². The van der Waals surface area contributed by atoms with Gasteiger partial charge >= 0.3 is 0 Å². The predicted molar refractivity (Wildman–Crippen MR) is 146 cm³/mol. The molecule has 2 aromatic rings. The topological polar surface area (TPSA) is 90.5 Å². The number of rotatable bonds is 5. The first-order chi connectivity index (χ1) is 18.1. The summed E-state index contributed by atoms with van der Waals surface area (Å²) < 4.78 is 33.8. The van der Waals surface area contributed by atoms with Crippen molar-refractivity contribution in [3.63, 3.8) is 0 Å². The highest BCUT2D eigenvalue weighted by molar-refractivity contribution is 7.89. The molecule has 1 unspecified atom stereocenters. The average molecular weight is 541 g/mol. The highest BCUT2D eigenvalue weighted by atomic mass is 32.2. The quantitative estimate of drug-likeness (QED) is 0.580. The molecule has 9 nitrogen and oxygen atoms in total. The molecule has 38 heavy (non-hydrogen) atoms. The molecule has 3 heterocycles. The van der Waals surface area contributed by atoms with Gasteiger partial charge in [0.25, 0.3) is 5.91 Å². The zero-order chi connectivity index (χ0) is 27.0. The molecular weight excluding hydrogens is 504 g/mol. The second-order valence-electron chi connectivity index (χ2n) is 10.7. The lowest BCUT2D eigenvalue weighted by atomic mass is 10.0. The fraction of sp³-hybridized carbons (Fsp3) is 0.500. The molecule has 0 aliphatic carbocycles. The first-order valence-corrected chi connectivity index (χ1v) is 14.8. The summed E-state index contributed by atoms with van der Waals surface area (Å²) in [5.41, 5.74) is 2.65. The highest BCUT2D eigenvalue weighted by Gasteiger charge is 2.34. The molecule has 0 aromatic heterocycles. The largest absolute Gasteiger partial charge is 0.482 e. The molecule has 0 radical (unpaired) electrons. The smallest absolute Gasteiger partial charge is 0.265 e. The van der Waals surface area contributed by atoms with Gasteiger partial charge in [-0.3, -0.25) is 14.5 Å². The summed E-state index contributed by atoms with van der Waals surface area (Å²) in [6.45, 7) is 8.68. The van der Waals surface area contributed by atoms with Crippen LogP contribution in [0.4, 0.5) is 11.4 Å². The lowest BCUT2D eigenvalue weighted by Gasteiger charge is -2.42. The van der Waals surface area contributed by atoms with Gasteiger partial charge in [0.15, 0.2) is 6.61 Å². The summed E-state index contributed by atoms with van der Waals surface area (Å²) in [7, 11) is -3.71. The fourth-order valence-electron chi connectivity index (χ4n) is 5.50. The van der Waals surface area contributed by atoms with Crippen molar-refractivity contribution in [2.45, 2.75) is 44.6 Å². The molecule has 0 spiro atoms. The Bertz CT molecular complexity index is 1320. The van der Waals surface area contributed by atoms with Gasteiger partial charge in [0.2, 0.25) is 15.9 Å². The lowest BCUT2D eigenvalue weighted by molar-refractivity contribution is -0.132. The minimum atomic E-state index is -3.71. The van der Waals surface area contributed by atoms with Gasteiger partial charge in [-0.2, -0.15) is 4.31 Å². The molecule has 0 bridgehead atoms. The van der Waals surface area contributed by atoms with Gasteiger partial charge in [0, 0.05) is 44.5 Å². The van der Waals surface area contributed by atoms with Gasteiger partial charge in [0.05, 0.1) is 10.6 Å². The second-order valence-corrected chi connectivity index (χ2v) is 12.6. The number of anilines is 2. The number of aryl methyl sites for hydroxylation is 1. The Morgan fingerprint density at radius 1 is 1.03 bits per heavy atom. The van der Waals surface area contributed by atoms with E-state index < -0.39 is 10.0 Å². The number of hydrogen-bond acceptors (Lipinski definition) is 6.